The predicted octanol–water partition coefficient (Wildman–Crippen LogP) is 1.35. The van der Waals surface area contributed by atoms with E-state index in [-0.39, 0.29) is 30.9 Å². The predicted molar refractivity (Wildman–Crippen MR) is 71.2 cm³/mol. The Hall–Kier alpha value is -0.430. The van der Waals surface area contributed by atoms with Gasteiger partial charge in [0.05, 0.1) is 6.54 Å². The average Bonchev–Trinajstić information content (AvgIpc) is 2.76. The highest BCUT2D eigenvalue weighted by Crippen LogP contribution is 2.21. The third-order valence-electron chi connectivity index (χ3n) is 2.83. The number of nitrogens with zero attached hydrogens (tertiary/aromatic N) is 3. The van der Waals surface area contributed by atoms with Crippen LogP contribution in [0.4, 0.5) is 4.39 Å². The van der Waals surface area contributed by atoms with Crippen LogP contribution in [0, 0.1) is 6.92 Å². The lowest BCUT2D eigenvalue weighted by atomic mass is 10.2. The Labute approximate surface area is 118 Å². The second-order valence-corrected chi connectivity index (χ2v) is 4.20. The van der Waals surface area contributed by atoms with Gasteiger partial charge in [0.15, 0.2) is 5.82 Å². The van der Waals surface area contributed by atoms with E-state index in [4.69, 9.17) is 4.52 Å². The molecular formula is C10H19Cl2FN4O. The molecule has 1 aromatic heterocycles. The summed E-state index contributed by atoms with van der Waals surface area (Å²) < 4.78 is 18.2. The zero-order chi connectivity index (χ0) is 11.5. The molecule has 0 saturated carbocycles. The molecule has 1 fully saturated rings. The zero-order valence-corrected chi connectivity index (χ0v) is 12.1. The minimum Gasteiger partial charge on any atom is -0.340 e. The Kier molecular flexibility index (Phi) is 7.70. The molecule has 0 aromatic carbocycles. The molecule has 1 aliphatic heterocycles. The van der Waals surface area contributed by atoms with E-state index in [1.165, 1.54) is 0 Å². The molecule has 1 aromatic rings. The summed E-state index contributed by atoms with van der Waals surface area (Å²) in [4.78, 5) is 6.19. The van der Waals surface area contributed by atoms with Crippen molar-refractivity contribution in [1.82, 2.24) is 20.4 Å². The summed E-state index contributed by atoms with van der Waals surface area (Å²) in [6.45, 7) is 3.56. The van der Waals surface area contributed by atoms with Crippen LogP contribution < -0.4 is 5.32 Å². The first kappa shape index (κ1) is 17.6. The number of alkyl halides is 1. The van der Waals surface area contributed by atoms with Crippen LogP contribution in [-0.2, 0) is 6.54 Å². The van der Waals surface area contributed by atoms with Crippen LogP contribution in [0.15, 0.2) is 4.52 Å². The van der Waals surface area contributed by atoms with Crippen molar-refractivity contribution >= 4 is 24.8 Å². The van der Waals surface area contributed by atoms with E-state index in [2.05, 4.69) is 20.4 Å². The van der Waals surface area contributed by atoms with Crippen LogP contribution >= 0.6 is 24.8 Å². The molecule has 2 atom stereocenters. The minimum atomic E-state index is -0.744. The highest BCUT2D eigenvalue weighted by atomic mass is 35.5. The highest BCUT2D eigenvalue weighted by Gasteiger charge is 2.32. The minimum absolute atomic E-state index is 0. The van der Waals surface area contributed by atoms with Crippen molar-refractivity contribution in [3.8, 4) is 0 Å². The fourth-order valence-electron chi connectivity index (χ4n) is 2.15. The highest BCUT2D eigenvalue weighted by molar-refractivity contribution is 5.85. The van der Waals surface area contributed by atoms with Crippen LogP contribution in [0.25, 0.3) is 0 Å². The lowest BCUT2D eigenvalue weighted by molar-refractivity contribution is 0.224. The van der Waals surface area contributed by atoms with Gasteiger partial charge in [-0.1, -0.05) is 5.16 Å². The summed E-state index contributed by atoms with van der Waals surface area (Å²) in [6, 6.07) is 0.221. The van der Waals surface area contributed by atoms with Gasteiger partial charge in [-0.25, -0.2) is 4.39 Å². The molecule has 0 aliphatic carbocycles. The fourth-order valence-corrected chi connectivity index (χ4v) is 2.15. The third kappa shape index (κ3) is 4.35. The molecule has 1 aliphatic rings. The summed E-state index contributed by atoms with van der Waals surface area (Å²) in [5.41, 5.74) is 0. The number of likely N-dealkylation sites (N-methyl/N-ethyl adjacent to an activating group) is 1. The first-order valence-electron chi connectivity index (χ1n) is 5.51. The Morgan fingerprint density at radius 1 is 1.50 bits per heavy atom. The first-order chi connectivity index (χ1) is 7.69. The topological polar surface area (TPSA) is 54.2 Å². The van der Waals surface area contributed by atoms with E-state index in [0.717, 1.165) is 6.54 Å². The largest absolute Gasteiger partial charge is 0.340 e. The number of halogens is 3. The molecule has 5 nitrogen and oxygen atoms in total. The quantitative estimate of drug-likeness (QED) is 0.910. The van der Waals surface area contributed by atoms with Gasteiger partial charge in [0.1, 0.15) is 6.17 Å². The number of nitrogens with one attached hydrogen (secondary N) is 1. The number of likely N-dealkylation sites (tertiary alicyclic amines) is 1. The van der Waals surface area contributed by atoms with Crippen LogP contribution in [0.5, 0.6) is 0 Å². The number of aromatic nitrogens is 2. The fraction of sp³-hybridized carbons (Fsp3) is 0.800. The van der Waals surface area contributed by atoms with Crippen LogP contribution in [-0.4, -0.2) is 47.4 Å². The van der Waals surface area contributed by atoms with Crippen molar-refractivity contribution in [2.75, 3.05) is 20.1 Å². The van der Waals surface area contributed by atoms with Gasteiger partial charge in [-0.3, -0.25) is 4.90 Å². The SMILES string of the molecule is CNC[C@@H]1C[C@H](F)CN1Cc1noc(C)n1.Cl.Cl. The molecule has 0 bridgehead atoms. The molecule has 2 heterocycles. The molecule has 1 N–H and O–H groups in total. The van der Waals surface area contributed by atoms with Crippen molar-refractivity contribution in [3.63, 3.8) is 0 Å². The summed E-state index contributed by atoms with van der Waals surface area (Å²) in [5.74, 6) is 1.18. The van der Waals surface area contributed by atoms with Crippen molar-refractivity contribution in [3.05, 3.63) is 11.7 Å². The van der Waals surface area contributed by atoms with E-state index in [9.17, 15) is 4.39 Å². The second kappa shape index (κ2) is 7.89. The Morgan fingerprint density at radius 2 is 2.22 bits per heavy atom. The smallest absolute Gasteiger partial charge is 0.223 e. The maximum absolute atomic E-state index is 13.3. The molecule has 0 spiro atoms. The molecule has 0 unspecified atom stereocenters. The van der Waals surface area contributed by atoms with Crippen molar-refractivity contribution in [2.45, 2.75) is 32.1 Å². The van der Waals surface area contributed by atoms with Gasteiger partial charge in [-0.15, -0.1) is 24.8 Å². The number of hydrogen-bond donors (Lipinski definition) is 1. The number of hydrogen-bond acceptors (Lipinski definition) is 5. The van der Waals surface area contributed by atoms with Gasteiger partial charge in [-0.05, 0) is 13.5 Å². The second-order valence-electron chi connectivity index (χ2n) is 4.20. The van der Waals surface area contributed by atoms with E-state index in [1.54, 1.807) is 6.92 Å². The molecule has 18 heavy (non-hydrogen) atoms. The van der Waals surface area contributed by atoms with Crippen LogP contribution in [0.3, 0.4) is 0 Å². The molecule has 0 amide bonds. The van der Waals surface area contributed by atoms with Gasteiger partial charge < -0.3 is 9.84 Å². The summed E-state index contributed by atoms with van der Waals surface area (Å²) in [7, 11) is 1.88. The number of aryl methyl sites for hydroxylation is 1. The molecule has 1 saturated heterocycles. The van der Waals surface area contributed by atoms with Crippen LogP contribution in [0.2, 0.25) is 0 Å². The molecule has 8 heteroatoms. The average molecular weight is 301 g/mol. The Balaban J connectivity index is 0.00000144. The first-order valence-corrected chi connectivity index (χ1v) is 5.51. The monoisotopic (exact) mass is 300 g/mol. The summed E-state index contributed by atoms with van der Waals surface area (Å²) in [5, 5.41) is 6.91. The van der Waals surface area contributed by atoms with E-state index in [1.807, 2.05) is 7.05 Å². The Morgan fingerprint density at radius 3 is 2.78 bits per heavy atom. The van der Waals surface area contributed by atoms with E-state index < -0.39 is 6.17 Å². The lowest BCUT2D eigenvalue weighted by Crippen LogP contribution is -2.36. The molecule has 2 rings (SSSR count). The Bertz CT molecular complexity index is 352. The van der Waals surface area contributed by atoms with E-state index in [0.29, 0.717) is 31.2 Å². The van der Waals surface area contributed by atoms with Crippen molar-refractivity contribution in [2.24, 2.45) is 0 Å². The summed E-state index contributed by atoms with van der Waals surface area (Å²) in [6.07, 6.45) is -0.163. The normalized spacial score (nSPS) is 23.5. The van der Waals surface area contributed by atoms with Gasteiger partial charge in [-0.2, -0.15) is 4.98 Å². The van der Waals surface area contributed by atoms with Gasteiger partial charge in [0, 0.05) is 26.1 Å². The van der Waals surface area contributed by atoms with Gasteiger partial charge >= 0.3 is 0 Å². The number of rotatable bonds is 4. The standard InChI is InChI=1S/C10H17FN4O.2ClH/c1-7-13-10(14-16-7)6-15-5-8(11)3-9(15)4-12-2;;/h8-9,12H,3-6H2,1-2H3;2*1H/t8-,9-;;/m0../s1. The maximum Gasteiger partial charge on any atom is 0.223 e. The zero-order valence-electron chi connectivity index (χ0n) is 10.4. The third-order valence-corrected chi connectivity index (χ3v) is 2.83. The lowest BCUT2D eigenvalue weighted by Gasteiger charge is -2.21. The van der Waals surface area contributed by atoms with Gasteiger partial charge in [0.25, 0.3) is 0 Å². The van der Waals surface area contributed by atoms with Crippen molar-refractivity contribution < 1.29 is 8.91 Å². The molecular weight excluding hydrogens is 282 g/mol. The van der Waals surface area contributed by atoms with Crippen molar-refractivity contribution in [1.29, 1.82) is 0 Å². The molecule has 0 radical (unpaired) electrons. The van der Waals surface area contributed by atoms with Crippen LogP contribution in [0.1, 0.15) is 18.1 Å². The summed E-state index contributed by atoms with van der Waals surface area (Å²) >= 11 is 0. The van der Waals surface area contributed by atoms with E-state index >= 15 is 0 Å². The van der Waals surface area contributed by atoms with Gasteiger partial charge in [0.2, 0.25) is 5.89 Å². The maximum atomic E-state index is 13.3. The molecule has 106 valence electrons.